The molecule has 3 aromatic rings. The van der Waals surface area contributed by atoms with E-state index in [-0.39, 0.29) is 5.91 Å². The molecule has 0 unspecified atom stereocenters. The standard InChI is InChI=1S/C19H23N5O/c1-11-7-13(18-17(8-11)23-12(2)24-18)5-6-20-19(25)14-3-4-15-16(9-14)22-10-21-15/h3-4,9-11,13H,5-8H2,1-2H3,(H,20,25)(H,21,22)(H,23,24)/t11-,13+/m0/s1. The Bertz CT molecular complexity index is 910. The Morgan fingerprint density at radius 2 is 2.28 bits per heavy atom. The maximum absolute atomic E-state index is 12.4. The molecule has 4 rings (SSSR count). The minimum absolute atomic E-state index is 0.0428. The van der Waals surface area contributed by atoms with E-state index in [9.17, 15) is 4.79 Å². The van der Waals surface area contributed by atoms with Crippen LogP contribution in [0.3, 0.4) is 0 Å². The number of rotatable bonds is 4. The molecule has 3 N–H and O–H groups in total. The lowest BCUT2D eigenvalue weighted by Crippen LogP contribution is -2.27. The van der Waals surface area contributed by atoms with Gasteiger partial charge in [0.1, 0.15) is 5.82 Å². The number of amides is 1. The largest absolute Gasteiger partial charge is 0.352 e. The fraction of sp³-hybridized carbons (Fsp3) is 0.421. The smallest absolute Gasteiger partial charge is 0.251 e. The molecule has 0 spiro atoms. The van der Waals surface area contributed by atoms with Crippen LogP contribution in [0.15, 0.2) is 24.5 Å². The van der Waals surface area contributed by atoms with Crippen LogP contribution in [-0.2, 0) is 6.42 Å². The molecule has 6 nitrogen and oxygen atoms in total. The van der Waals surface area contributed by atoms with Crippen molar-refractivity contribution in [2.24, 2.45) is 5.92 Å². The van der Waals surface area contributed by atoms with E-state index in [2.05, 4.69) is 32.2 Å². The number of hydrogen-bond acceptors (Lipinski definition) is 3. The highest BCUT2D eigenvalue weighted by Crippen LogP contribution is 2.35. The van der Waals surface area contributed by atoms with E-state index in [0.29, 0.717) is 23.9 Å². The van der Waals surface area contributed by atoms with Crippen molar-refractivity contribution >= 4 is 16.9 Å². The number of carbonyl (C=O) groups excluding carboxylic acids is 1. The zero-order valence-corrected chi connectivity index (χ0v) is 14.6. The molecule has 1 aliphatic rings. The van der Waals surface area contributed by atoms with Crippen molar-refractivity contribution in [2.45, 2.75) is 39.0 Å². The van der Waals surface area contributed by atoms with Gasteiger partial charge in [0.05, 0.1) is 23.1 Å². The Morgan fingerprint density at radius 1 is 1.40 bits per heavy atom. The summed E-state index contributed by atoms with van der Waals surface area (Å²) in [6, 6.07) is 5.52. The summed E-state index contributed by atoms with van der Waals surface area (Å²) in [5, 5.41) is 3.04. The van der Waals surface area contributed by atoms with Gasteiger partial charge in [-0.1, -0.05) is 6.92 Å². The first-order valence-electron chi connectivity index (χ1n) is 8.87. The number of benzene rings is 1. The SMILES string of the molecule is Cc1nc2c([nH]1)C[C@@H](C)C[C@H]2CCNC(=O)c1ccc2nc[nH]c2c1. The first-order valence-corrected chi connectivity index (χ1v) is 8.87. The topological polar surface area (TPSA) is 86.5 Å². The van der Waals surface area contributed by atoms with E-state index in [4.69, 9.17) is 0 Å². The second-order valence-electron chi connectivity index (χ2n) is 7.11. The Kier molecular flexibility index (Phi) is 4.03. The van der Waals surface area contributed by atoms with Gasteiger partial charge in [-0.2, -0.15) is 0 Å². The third-order valence-electron chi connectivity index (χ3n) is 5.02. The number of hydrogen-bond donors (Lipinski definition) is 3. The van der Waals surface area contributed by atoms with Crippen molar-refractivity contribution in [3.05, 3.63) is 47.3 Å². The number of aryl methyl sites for hydroxylation is 1. The number of nitrogens with zero attached hydrogens (tertiary/aromatic N) is 2. The molecular formula is C19H23N5O. The van der Waals surface area contributed by atoms with Crippen LogP contribution in [0.1, 0.15) is 53.3 Å². The van der Waals surface area contributed by atoms with Gasteiger partial charge in [0, 0.05) is 23.7 Å². The molecule has 0 aliphatic heterocycles. The van der Waals surface area contributed by atoms with Gasteiger partial charge in [0.25, 0.3) is 5.91 Å². The van der Waals surface area contributed by atoms with Crippen molar-refractivity contribution in [3.8, 4) is 0 Å². The van der Waals surface area contributed by atoms with Gasteiger partial charge < -0.3 is 15.3 Å². The predicted octanol–water partition coefficient (Wildman–Crippen LogP) is 3.08. The molecule has 0 fully saturated rings. The number of imidazole rings is 2. The molecule has 0 radical (unpaired) electrons. The third kappa shape index (κ3) is 3.16. The summed E-state index contributed by atoms with van der Waals surface area (Å²) in [5.41, 5.74) is 4.88. The molecule has 0 saturated carbocycles. The average Bonchev–Trinajstić information content (AvgIpc) is 3.19. The minimum atomic E-state index is -0.0428. The summed E-state index contributed by atoms with van der Waals surface area (Å²) in [5.74, 6) is 2.01. The van der Waals surface area contributed by atoms with Crippen LogP contribution in [-0.4, -0.2) is 32.4 Å². The molecule has 1 aromatic carbocycles. The summed E-state index contributed by atoms with van der Waals surface area (Å²) >= 11 is 0. The molecular weight excluding hydrogens is 314 g/mol. The maximum atomic E-state index is 12.4. The Labute approximate surface area is 146 Å². The van der Waals surface area contributed by atoms with Gasteiger partial charge >= 0.3 is 0 Å². The predicted molar refractivity (Wildman–Crippen MR) is 96.6 cm³/mol. The van der Waals surface area contributed by atoms with Crippen molar-refractivity contribution < 1.29 is 4.79 Å². The van der Waals surface area contributed by atoms with E-state index in [0.717, 1.165) is 36.1 Å². The van der Waals surface area contributed by atoms with Crippen LogP contribution >= 0.6 is 0 Å². The van der Waals surface area contributed by atoms with Crippen LogP contribution in [0.5, 0.6) is 0 Å². The number of nitrogens with one attached hydrogen (secondary N) is 3. The van der Waals surface area contributed by atoms with Crippen LogP contribution in [0.25, 0.3) is 11.0 Å². The van der Waals surface area contributed by atoms with Gasteiger partial charge in [-0.3, -0.25) is 4.79 Å². The fourth-order valence-corrected chi connectivity index (χ4v) is 3.87. The molecule has 2 atom stereocenters. The maximum Gasteiger partial charge on any atom is 0.251 e. The van der Waals surface area contributed by atoms with Crippen molar-refractivity contribution in [1.29, 1.82) is 0 Å². The van der Waals surface area contributed by atoms with Gasteiger partial charge in [0.15, 0.2) is 0 Å². The van der Waals surface area contributed by atoms with Crippen LogP contribution < -0.4 is 5.32 Å². The van der Waals surface area contributed by atoms with Crippen LogP contribution in [0.4, 0.5) is 0 Å². The lowest BCUT2D eigenvalue weighted by molar-refractivity contribution is 0.0952. The molecule has 1 amide bonds. The summed E-state index contributed by atoms with van der Waals surface area (Å²) < 4.78 is 0. The molecule has 1 aliphatic carbocycles. The zero-order chi connectivity index (χ0) is 17.4. The van der Waals surface area contributed by atoms with Crippen molar-refractivity contribution in [1.82, 2.24) is 25.3 Å². The van der Waals surface area contributed by atoms with E-state index < -0.39 is 0 Å². The first kappa shape index (κ1) is 15.9. The third-order valence-corrected chi connectivity index (χ3v) is 5.02. The van der Waals surface area contributed by atoms with Crippen molar-refractivity contribution in [3.63, 3.8) is 0 Å². The number of aromatic nitrogens is 4. The second-order valence-corrected chi connectivity index (χ2v) is 7.11. The summed E-state index contributed by atoms with van der Waals surface area (Å²) in [6.07, 6.45) is 4.76. The van der Waals surface area contributed by atoms with Crippen LogP contribution in [0.2, 0.25) is 0 Å². The highest BCUT2D eigenvalue weighted by Gasteiger charge is 2.27. The Hall–Kier alpha value is -2.63. The summed E-state index contributed by atoms with van der Waals surface area (Å²) in [4.78, 5) is 27.7. The molecule has 2 heterocycles. The van der Waals surface area contributed by atoms with Gasteiger partial charge in [0.2, 0.25) is 0 Å². The van der Waals surface area contributed by atoms with Crippen LogP contribution in [0, 0.1) is 12.8 Å². The first-order chi connectivity index (χ1) is 12.1. The van der Waals surface area contributed by atoms with Gasteiger partial charge in [-0.25, -0.2) is 9.97 Å². The second kappa shape index (κ2) is 6.35. The number of H-pyrrole nitrogens is 2. The number of carbonyl (C=O) groups is 1. The van der Waals surface area contributed by atoms with Gasteiger partial charge in [-0.15, -0.1) is 0 Å². The Morgan fingerprint density at radius 3 is 3.16 bits per heavy atom. The minimum Gasteiger partial charge on any atom is -0.352 e. The summed E-state index contributed by atoms with van der Waals surface area (Å²) in [6.45, 7) is 4.94. The quantitative estimate of drug-likeness (QED) is 0.684. The average molecular weight is 337 g/mol. The van der Waals surface area contributed by atoms with E-state index in [1.54, 1.807) is 6.33 Å². The van der Waals surface area contributed by atoms with E-state index >= 15 is 0 Å². The van der Waals surface area contributed by atoms with Crippen molar-refractivity contribution in [2.75, 3.05) is 6.54 Å². The zero-order valence-electron chi connectivity index (χ0n) is 14.6. The fourth-order valence-electron chi connectivity index (χ4n) is 3.87. The van der Waals surface area contributed by atoms with E-state index in [1.807, 2.05) is 25.1 Å². The monoisotopic (exact) mass is 337 g/mol. The Balaban J connectivity index is 1.39. The van der Waals surface area contributed by atoms with Gasteiger partial charge in [-0.05, 0) is 50.3 Å². The molecule has 0 bridgehead atoms. The highest BCUT2D eigenvalue weighted by molar-refractivity contribution is 5.97. The lowest BCUT2D eigenvalue weighted by atomic mass is 9.81. The molecule has 0 saturated heterocycles. The number of fused-ring (bicyclic) bond motifs is 2. The summed E-state index contributed by atoms with van der Waals surface area (Å²) in [7, 11) is 0. The lowest BCUT2D eigenvalue weighted by Gasteiger charge is -2.26. The number of aromatic amines is 2. The molecule has 25 heavy (non-hydrogen) atoms. The molecule has 2 aromatic heterocycles. The highest BCUT2D eigenvalue weighted by atomic mass is 16.1. The van der Waals surface area contributed by atoms with E-state index in [1.165, 1.54) is 11.4 Å². The molecule has 6 heteroatoms. The normalized spacial score (nSPS) is 19.8. The molecule has 130 valence electrons.